The maximum Gasteiger partial charge on any atom is 0.500 e. The second kappa shape index (κ2) is 22.1. The summed E-state index contributed by atoms with van der Waals surface area (Å²) in [7, 11) is 5.03. The Bertz CT molecular complexity index is 1700. The van der Waals surface area contributed by atoms with Crippen molar-refractivity contribution in [3.63, 3.8) is 0 Å². The highest BCUT2D eigenvalue weighted by molar-refractivity contribution is 7.99. The van der Waals surface area contributed by atoms with Crippen molar-refractivity contribution in [2.24, 2.45) is 0 Å². The van der Waals surface area contributed by atoms with Gasteiger partial charge in [-0.1, -0.05) is 72.8 Å². The summed E-state index contributed by atoms with van der Waals surface area (Å²) >= 11 is 3.87. The second-order valence-electron chi connectivity index (χ2n) is 14.2. The Balaban J connectivity index is 1.26. The van der Waals surface area contributed by atoms with Gasteiger partial charge in [-0.05, 0) is 119 Å². The van der Waals surface area contributed by atoms with E-state index < -0.39 is 23.0 Å². The molecule has 0 bridgehead atoms. The van der Waals surface area contributed by atoms with Crippen molar-refractivity contribution in [2.75, 3.05) is 78.9 Å². The lowest BCUT2D eigenvalue weighted by molar-refractivity contribution is 0.123. The van der Waals surface area contributed by atoms with E-state index >= 15 is 0 Å². The van der Waals surface area contributed by atoms with E-state index in [1.165, 1.54) is 33.4 Å². The molecule has 310 valence electrons. The number of hydrogen-bond donors (Lipinski definition) is 0. The first-order chi connectivity index (χ1) is 27.8. The Morgan fingerprint density at radius 2 is 0.842 bits per heavy atom. The molecular weight excluding hydrogens is 789 g/mol. The number of thioether (sulfide) groups is 2. The lowest BCUT2D eigenvalue weighted by Gasteiger charge is -2.34. The molecule has 0 spiro atoms. The van der Waals surface area contributed by atoms with Gasteiger partial charge in [0.25, 0.3) is 0 Å². The highest BCUT2D eigenvalue weighted by Gasteiger charge is 2.46. The normalized spacial score (nSPS) is 13.4. The lowest BCUT2D eigenvalue weighted by Crippen LogP contribution is -2.42. The molecule has 0 amide bonds. The number of benzene rings is 4. The Hall–Kier alpha value is -2.63. The summed E-state index contributed by atoms with van der Waals surface area (Å²) in [6, 6.07) is 32.9. The van der Waals surface area contributed by atoms with Gasteiger partial charge in [-0.25, -0.2) is 0 Å². The summed E-state index contributed by atoms with van der Waals surface area (Å²) in [4.78, 5) is 0. The van der Waals surface area contributed by atoms with Crippen LogP contribution >= 0.6 is 23.5 Å². The standard InChI is InChI=1S/C45H62O8S2Si2/c1-35-33-37(21-23-43(35)52-25-13-27-54-29-15-31-56(46-3,47-4)48-5)45(41-19-11-9-17-39(41)40-18-10-12-20-42(40)45)38-22-24-44(36(2)34-38)53-26-14-28-55-30-16-32-57(49-6,50-7)51-8/h9-12,17-24,33-34H,13-16,25-32H2,1-8H3. The van der Waals surface area contributed by atoms with Crippen molar-refractivity contribution in [3.8, 4) is 22.6 Å². The zero-order chi connectivity index (χ0) is 40.7. The van der Waals surface area contributed by atoms with E-state index in [0.29, 0.717) is 13.2 Å². The number of fused-ring (bicyclic) bond motifs is 3. The second-order valence-corrected chi connectivity index (χ2v) is 22.9. The maximum atomic E-state index is 6.38. The molecule has 0 heterocycles. The van der Waals surface area contributed by atoms with E-state index in [9.17, 15) is 0 Å². The first kappa shape index (κ1) is 45.5. The van der Waals surface area contributed by atoms with Gasteiger partial charge < -0.3 is 36.0 Å². The third kappa shape index (κ3) is 10.6. The molecule has 0 fully saturated rings. The van der Waals surface area contributed by atoms with E-state index in [-0.39, 0.29) is 0 Å². The molecule has 0 aromatic heterocycles. The molecule has 57 heavy (non-hydrogen) atoms. The molecular formula is C45H62O8S2Si2. The quantitative estimate of drug-likeness (QED) is 0.0397. The van der Waals surface area contributed by atoms with Gasteiger partial charge in [-0.3, -0.25) is 0 Å². The minimum absolute atomic E-state index is 0.489. The zero-order valence-electron chi connectivity index (χ0n) is 35.2. The Kier molecular flexibility index (Phi) is 17.6. The molecule has 1 aliphatic carbocycles. The summed E-state index contributed by atoms with van der Waals surface area (Å²) in [5.41, 5.74) is 9.38. The molecule has 1 aliphatic rings. The molecule has 0 atom stereocenters. The van der Waals surface area contributed by atoms with Crippen LogP contribution in [0.5, 0.6) is 11.5 Å². The largest absolute Gasteiger partial charge is 0.500 e. The zero-order valence-corrected chi connectivity index (χ0v) is 38.8. The fraction of sp³-hybridized carbons (Fsp3) is 0.467. The van der Waals surface area contributed by atoms with Crippen LogP contribution in [0, 0.1) is 13.8 Å². The van der Waals surface area contributed by atoms with Gasteiger partial charge >= 0.3 is 17.6 Å². The first-order valence-electron chi connectivity index (χ1n) is 19.9. The van der Waals surface area contributed by atoms with E-state index in [4.69, 9.17) is 36.0 Å². The van der Waals surface area contributed by atoms with Gasteiger partial charge in [-0.2, -0.15) is 23.5 Å². The van der Waals surface area contributed by atoms with Gasteiger partial charge in [0, 0.05) is 54.7 Å². The Labute approximate surface area is 352 Å². The molecule has 12 heteroatoms. The molecule has 0 aliphatic heterocycles. The van der Waals surface area contributed by atoms with Gasteiger partial charge in [0.2, 0.25) is 0 Å². The molecule has 4 aromatic carbocycles. The molecule has 4 aromatic rings. The summed E-state index contributed by atoms with van der Waals surface area (Å²) < 4.78 is 46.1. The summed E-state index contributed by atoms with van der Waals surface area (Å²) in [5, 5.41) is 0. The van der Waals surface area contributed by atoms with Gasteiger partial charge in [0.1, 0.15) is 11.5 Å². The highest BCUT2D eigenvalue weighted by Crippen LogP contribution is 2.56. The van der Waals surface area contributed by atoms with Crippen LogP contribution in [0.2, 0.25) is 12.1 Å². The van der Waals surface area contributed by atoms with Crippen LogP contribution in [0.1, 0.15) is 59.1 Å². The van der Waals surface area contributed by atoms with Gasteiger partial charge in [0.15, 0.2) is 0 Å². The van der Waals surface area contributed by atoms with E-state index in [2.05, 4.69) is 98.8 Å². The fourth-order valence-corrected chi connectivity index (χ4v) is 13.6. The first-order valence-corrected chi connectivity index (χ1v) is 26.1. The molecule has 0 saturated carbocycles. The van der Waals surface area contributed by atoms with Gasteiger partial charge in [-0.15, -0.1) is 0 Å². The van der Waals surface area contributed by atoms with Crippen molar-refractivity contribution < 1.29 is 36.0 Å². The maximum absolute atomic E-state index is 6.38. The smallest absolute Gasteiger partial charge is 0.493 e. The van der Waals surface area contributed by atoms with Crippen LogP contribution in [-0.2, 0) is 32.0 Å². The van der Waals surface area contributed by atoms with Crippen molar-refractivity contribution in [1.29, 1.82) is 0 Å². The monoisotopic (exact) mass is 850 g/mol. The van der Waals surface area contributed by atoms with Crippen LogP contribution < -0.4 is 9.47 Å². The number of ether oxygens (including phenoxy) is 2. The van der Waals surface area contributed by atoms with Gasteiger partial charge in [0.05, 0.1) is 18.6 Å². The summed E-state index contributed by atoms with van der Waals surface area (Å²) in [6.07, 6.45) is 3.96. The van der Waals surface area contributed by atoms with Crippen molar-refractivity contribution >= 4 is 41.1 Å². The van der Waals surface area contributed by atoms with Crippen LogP contribution in [0.25, 0.3) is 11.1 Å². The average Bonchev–Trinajstić information content (AvgIpc) is 3.55. The molecule has 0 radical (unpaired) electrons. The molecule has 0 unspecified atom stereocenters. The highest BCUT2D eigenvalue weighted by atomic mass is 32.2. The van der Waals surface area contributed by atoms with Crippen molar-refractivity contribution in [3.05, 3.63) is 118 Å². The van der Waals surface area contributed by atoms with E-state index in [0.717, 1.165) is 83.4 Å². The van der Waals surface area contributed by atoms with Crippen molar-refractivity contribution in [1.82, 2.24) is 0 Å². The third-order valence-electron chi connectivity index (χ3n) is 11.0. The molecule has 8 nitrogen and oxygen atoms in total. The van der Waals surface area contributed by atoms with E-state index in [1.54, 1.807) is 42.7 Å². The Morgan fingerprint density at radius 3 is 1.21 bits per heavy atom. The van der Waals surface area contributed by atoms with Crippen LogP contribution in [-0.4, -0.2) is 96.5 Å². The number of rotatable bonds is 26. The minimum Gasteiger partial charge on any atom is -0.493 e. The minimum atomic E-state index is -2.50. The van der Waals surface area contributed by atoms with Crippen LogP contribution in [0.4, 0.5) is 0 Å². The summed E-state index contributed by atoms with van der Waals surface area (Å²) in [5.74, 6) is 6.02. The van der Waals surface area contributed by atoms with E-state index in [1.807, 2.05) is 23.5 Å². The fourth-order valence-electron chi connectivity index (χ4n) is 7.90. The summed E-state index contributed by atoms with van der Waals surface area (Å²) in [6.45, 7) is 5.69. The van der Waals surface area contributed by atoms with Crippen molar-refractivity contribution in [2.45, 2.75) is 57.0 Å². The predicted octanol–water partition coefficient (Wildman–Crippen LogP) is 10.2. The molecule has 0 saturated heterocycles. The van der Waals surface area contributed by atoms with Crippen LogP contribution in [0.15, 0.2) is 84.9 Å². The SMILES string of the molecule is CO[Si](CCCSCCCOc1ccc(C2(c3ccc(OCCCSCCC[Si](OC)(OC)OC)c(C)c3)c3ccccc3-c3ccccc32)cc1C)(OC)OC. The average molecular weight is 851 g/mol. The lowest BCUT2D eigenvalue weighted by atomic mass is 9.67. The number of hydrogen-bond acceptors (Lipinski definition) is 10. The number of aryl methyl sites for hydroxylation is 2. The topological polar surface area (TPSA) is 73.8 Å². The third-order valence-corrected chi connectivity index (χ3v) is 18.9. The van der Waals surface area contributed by atoms with Crippen LogP contribution in [0.3, 0.4) is 0 Å². The molecule has 0 N–H and O–H groups in total. The molecule has 5 rings (SSSR count). The predicted molar refractivity (Wildman–Crippen MR) is 241 cm³/mol. The Morgan fingerprint density at radius 1 is 0.474 bits per heavy atom.